The first-order chi connectivity index (χ1) is 15.0. The van der Waals surface area contributed by atoms with Crippen LogP contribution < -0.4 is 4.74 Å². The van der Waals surface area contributed by atoms with Gasteiger partial charge in [0.1, 0.15) is 10.8 Å². The van der Waals surface area contributed by atoms with Crippen LogP contribution in [0, 0.1) is 5.92 Å². The molecular formula is C26H36ClNO3. The summed E-state index contributed by atoms with van der Waals surface area (Å²) in [6.45, 7) is 4.83. The Morgan fingerprint density at radius 3 is 1.90 bits per heavy atom. The molecule has 0 bridgehead atoms. The number of hydrogen-bond acceptors (Lipinski definition) is 3. The number of ether oxygens (including phenoxy) is 1. The lowest BCUT2D eigenvalue weighted by atomic mass is 9.96. The number of amides is 2. The predicted octanol–water partition coefficient (Wildman–Crippen LogP) is 6.71. The summed E-state index contributed by atoms with van der Waals surface area (Å²) in [7, 11) is 0. The largest absolute Gasteiger partial charge is 0.493 e. The number of carbonyl (C=O) groups excluding carboxylic acids is 2. The lowest BCUT2D eigenvalue weighted by Crippen LogP contribution is -2.41. The topological polar surface area (TPSA) is 46.6 Å². The number of nitrogens with zero attached hydrogens (tertiary/aromatic N) is 1. The van der Waals surface area contributed by atoms with Crippen molar-refractivity contribution in [1.82, 2.24) is 4.90 Å². The summed E-state index contributed by atoms with van der Waals surface area (Å²) in [6.07, 6.45) is 12.6. The van der Waals surface area contributed by atoms with E-state index in [0.717, 1.165) is 31.4 Å². The van der Waals surface area contributed by atoms with Gasteiger partial charge in [-0.1, -0.05) is 95.4 Å². The molecule has 1 fully saturated rings. The molecule has 1 aliphatic carbocycles. The fraction of sp³-hybridized carbons (Fsp3) is 0.615. The molecule has 5 heteroatoms. The first kappa shape index (κ1) is 23.8. The minimum atomic E-state index is -0.334. The van der Waals surface area contributed by atoms with Gasteiger partial charge < -0.3 is 4.74 Å². The summed E-state index contributed by atoms with van der Waals surface area (Å²) in [5, 5.41) is 0.0481. The molecule has 0 N–H and O–H groups in total. The van der Waals surface area contributed by atoms with Crippen molar-refractivity contribution in [3.05, 3.63) is 34.9 Å². The first-order valence-electron chi connectivity index (χ1n) is 12.0. The van der Waals surface area contributed by atoms with E-state index >= 15 is 0 Å². The number of benzene rings is 1. The van der Waals surface area contributed by atoms with E-state index in [1.54, 1.807) is 0 Å². The van der Waals surface area contributed by atoms with Crippen LogP contribution in [-0.4, -0.2) is 29.4 Å². The molecule has 0 aromatic heterocycles. The lowest BCUT2D eigenvalue weighted by molar-refractivity contribution is -0.139. The fourth-order valence-electron chi connectivity index (χ4n) is 4.48. The first-order valence-corrected chi connectivity index (χ1v) is 12.4. The van der Waals surface area contributed by atoms with Gasteiger partial charge >= 0.3 is 0 Å². The Kier molecular flexibility index (Phi) is 9.01. The van der Waals surface area contributed by atoms with Crippen LogP contribution in [0.3, 0.4) is 0 Å². The summed E-state index contributed by atoms with van der Waals surface area (Å²) < 4.78 is 5.73. The van der Waals surface area contributed by atoms with E-state index in [0.29, 0.717) is 23.7 Å². The predicted molar refractivity (Wildman–Crippen MR) is 126 cm³/mol. The van der Waals surface area contributed by atoms with Gasteiger partial charge in [-0.05, 0) is 36.5 Å². The molecule has 31 heavy (non-hydrogen) atoms. The minimum absolute atomic E-state index is 0.0481. The number of imide groups is 1. The number of halogens is 1. The van der Waals surface area contributed by atoms with Crippen LogP contribution in [-0.2, 0) is 9.59 Å². The molecule has 3 rings (SSSR count). The molecule has 2 aliphatic rings. The van der Waals surface area contributed by atoms with Gasteiger partial charge in [0.05, 0.1) is 12.2 Å². The summed E-state index contributed by atoms with van der Waals surface area (Å²) in [4.78, 5) is 27.8. The Morgan fingerprint density at radius 2 is 1.39 bits per heavy atom. The Morgan fingerprint density at radius 1 is 0.871 bits per heavy atom. The second-order valence-electron chi connectivity index (χ2n) is 9.31. The Labute approximate surface area is 192 Å². The summed E-state index contributed by atoms with van der Waals surface area (Å²) in [6, 6.07) is 7.27. The van der Waals surface area contributed by atoms with Crippen molar-refractivity contribution in [2.75, 3.05) is 6.61 Å². The number of carbonyl (C=O) groups is 2. The van der Waals surface area contributed by atoms with Crippen LogP contribution in [0.5, 0.6) is 5.75 Å². The van der Waals surface area contributed by atoms with Crippen LogP contribution in [0.15, 0.2) is 29.3 Å². The van der Waals surface area contributed by atoms with Gasteiger partial charge in [0.15, 0.2) is 0 Å². The van der Waals surface area contributed by atoms with Gasteiger partial charge in [-0.3, -0.25) is 14.5 Å². The van der Waals surface area contributed by atoms with Crippen molar-refractivity contribution in [1.29, 1.82) is 0 Å². The van der Waals surface area contributed by atoms with Gasteiger partial charge in [-0.2, -0.15) is 0 Å². The van der Waals surface area contributed by atoms with E-state index in [1.165, 1.54) is 49.8 Å². The third kappa shape index (κ3) is 6.35. The van der Waals surface area contributed by atoms with Gasteiger partial charge in [-0.15, -0.1) is 0 Å². The molecule has 0 radical (unpaired) electrons. The van der Waals surface area contributed by atoms with Crippen molar-refractivity contribution >= 4 is 29.0 Å². The van der Waals surface area contributed by atoms with Crippen molar-refractivity contribution in [3.63, 3.8) is 0 Å². The fourth-order valence-corrected chi connectivity index (χ4v) is 4.76. The molecular weight excluding hydrogens is 410 g/mol. The monoisotopic (exact) mass is 445 g/mol. The zero-order valence-electron chi connectivity index (χ0n) is 19.0. The molecule has 0 unspecified atom stereocenters. The number of rotatable bonds is 5. The van der Waals surface area contributed by atoms with Crippen molar-refractivity contribution in [3.8, 4) is 5.75 Å². The standard InChI is InChI=1S/C26H36ClNO3/c1-19(2)18-31-22-16-14-20(15-17-22)23-24(27)26(30)28(25(23)29)21-12-10-8-6-4-3-5-7-9-11-13-21/h14-17,19,21H,3-13,18H2,1-2H3. The van der Waals surface area contributed by atoms with Crippen molar-refractivity contribution in [2.24, 2.45) is 5.92 Å². The maximum atomic E-state index is 13.3. The van der Waals surface area contributed by atoms with E-state index < -0.39 is 0 Å². The third-order valence-electron chi connectivity index (χ3n) is 6.22. The molecule has 4 nitrogen and oxygen atoms in total. The molecule has 2 amide bonds. The van der Waals surface area contributed by atoms with Crippen LogP contribution >= 0.6 is 11.6 Å². The highest BCUT2D eigenvalue weighted by atomic mass is 35.5. The Balaban J connectivity index is 1.72. The molecule has 170 valence electrons. The van der Waals surface area contributed by atoms with E-state index in [2.05, 4.69) is 13.8 Å². The van der Waals surface area contributed by atoms with Gasteiger partial charge in [0, 0.05) is 6.04 Å². The van der Waals surface area contributed by atoms with Gasteiger partial charge in [0.2, 0.25) is 0 Å². The zero-order valence-corrected chi connectivity index (χ0v) is 19.8. The second kappa shape index (κ2) is 11.7. The Bertz CT molecular complexity index is 772. The molecule has 0 atom stereocenters. The van der Waals surface area contributed by atoms with Crippen LogP contribution in [0.4, 0.5) is 0 Å². The second-order valence-corrected chi connectivity index (χ2v) is 9.69. The van der Waals surface area contributed by atoms with E-state index in [-0.39, 0.29) is 22.9 Å². The quantitative estimate of drug-likeness (QED) is 0.473. The average molecular weight is 446 g/mol. The highest BCUT2D eigenvalue weighted by Gasteiger charge is 2.41. The van der Waals surface area contributed by atoms with E-state index in [4.69, 9.17) is 16.3 Å². The summed E-state index contributed by atoms with van der Waals surface area (Å²) >= 11 is 6.43. The average Bonchev–Trinajstić information content (AvgIpc) is 2.96. The van der Waals surface area contributed by atoms with Crippen molar-refractivity contribution in [2.45, 2.75) is 90.5 Å². The van der Waals surface area contributed by atoms with Gasteiger partial charge in [0.25, 0.3) is 11.8 Å². The highest BCUT2D eigenvalue weighted by molar-refractivity contribution is 6.55. The Hall–Kier alpha value is -1.81. The maximum Gasteiger partial charge on any atom is 0.273 e. The molecule has 0 spiro atoms. The molecule has 1 aromatic carbocycles. The molecule has 0 saturated heterocycles. The highest BCUT2D eigenvalue weighted by Crippen LogP contribution is 2.35. The molecule has 1 aliphatic heterocycles. The normalized spacial score (nSPS) is 20.2. The SMILES string of the molecule is CC(C)COc1ccc(C2=C(Cl)C(=O)N(C3CCCCCCCCCCC3)C2=O)cc1. The van der Waals surface area contributed by atoms with E-state index in [9.17, 15) is 9.59 Å². The molecule has 1 saturated carbocycles. The van der Waals surface area contributed by atoms with Crippen LogP contribution in [0.2, 0.25) is 0 Å². The third-order valence-corrected chi connectivity index (χ3v) is 6.58. The summed E-state index contributed by atoms with van der Waals surface area (Å²) in [5.74, 6) is 0.606. The van der Waals surface area contributed by atoms with Crippen molar-refractivity contribution < 1.29 is 14.3 Å². The zero-order chi connectivity index (χ0) is 22.2. The van der Waals surface area contributed by atoms with Crippen LogP contribution in [0.1, 0.15) is 90.0 Å². The lowest BCUT2D eigenvalue weighted by Gasteiger charge is -2.27. The maximum absolute atomic E-state index is 13.3. The van der Waals surface area contributed by atoms with E-state index in [1.807, 2.05) is 24.3 Å². The minimum Gasteiger partial charge on any atom is -0.493 e. The van der Waals surface area contributed by atoms with Gasteiger partial charge in [-0.25, -0.2) is 0 Å². The molecule has 1 aromatic rings. The molecule has 1 heterocycles. The number of hydrogen-bond donors (Lipinski definition) is 0. The van der Waals surface area contributed by atoms with Crippen LogP contribution in [0.25, 0.3) is 5.57 Å². The smallest absolute Gasteiger partial charge is 0.273 e. The summed E-state index contributed by atoms with van der Waals surface area (Å²) in [5.41, 5.74) is 1.00.